The smallest absolute Gasteiger partial charge is 0.310 e. The molecule has 0 aliphatic carbocycles. The molecule has 6 heteroatoms. The highest BCUT2D eigenvalue weighted by Crippen LogP contribution is 2.22. The van der Waals surface area contributed by atoms with Crippen molar-refractivity contribution >= 4 is 17.9 Å². The third-order valence-corrected chi connectivity index (χ3v) is 2.22. The molecule has 0 N–H and O–H groups in total. The standard InChI is InChI=1S/C14H16O6/c1-4-13(17)20-12-7-5-11(6-8-12)14(18-9(2)15)19-10(3)16/h5-8,14H,4H2,1-3H3. The van der Waals surface area contributed by atoms with E-state index in [1.54, 1.807) is 19.1 Å². The molecule has 0 saturated heterocycles. The molecule has 0 fully saturated rings. The van der Waals surface area contributed by atoms with E-state index in [0.29, 0.717) is 11.3 Å². The summed E-state index contributed by atoms with van der Waals surface area (Å²) in [5, 5.41) is 0. The SMILES string of the molecule is CCC(=O)Oc1ccc(C(OC(C)=O)OC(C)=O)cc1. The highest BCUT2D eigenvalue weighted by molar-refractivity contribution is 5.72. The van der Waals surface area contributed by atoms with Crippen molar-refractivity contribution in [2.24, 2.45) is 0 Å². The van der Waals surface area contributed by atoms with Gasteiger partial charge in [-0.3, -0.25) is 14.4 Å². The molecular weight excluding hydrogens is 264 g/mol. The topological polar surface area (TPSA) is 78.9 Å². The molecule has 1 aromatic carbocycles. The van der Waals surface area contributed by atoms with Gasteiger partial charge in [0.25, 0.3) is 6.29 Å². The van der Waals surface area contributed by atoms with Crippen LogP contribution in [0, 0.1) is 0 Å². The normalized spacial score (nSPS) is 10.0. The van der Waals surface area contributed by atoms with Crippen molar-refractivity contribution in [1.82, 2.24) is 0 Å². The van der Waals surface area contributed by atoms with Gasteiger partial charge < -0.3 is 14.2 Å². The van der Waals surface area contributed by atoms with E-state index >= 15 is 0 Å². The zero-order chi connectivity index (χ0) is 15.1. The lowest BCUT2D eigenvalue weighted by Crippen LogP contribution is -2.15. The fourth-order valence-corrected chi connectivity index (χ4v) is 1.36. The number of benzene rings is 1. The minimum atomic E-state index is -1.11. The van der Waals surface area contributed by atoms with Crippen molar-refractivity contribution in [2.45, 2.75) is 33.5 Å². The third kappa shape index (κ3) is 5.09. The quantitative estimate of drug-likeness (QED) is 0.467. The molecule has 0 radical (unpaired) electrons. The van der Waals surface area contributed by atoms with Gasteiger partial charge in [0.2, 0.25) is 0 Å². The van der Waals surface area contributed by atoms with Crippen LogP contribution in [0.1, 0.15) is 39.0 Å². The fraction of sp³-hybridized carbons (Fsp3) is 0.357. The van der Waals surface area contributed by atoms with Gasteiger partial charge in [0, 0.05) is 25.8 Å². The largest absolute Gasteiger partial charge is 0.427 e. The molecule has 20 heavy (non-hydrogen) atoms. The Labute approximate surface area is 116 Å². The number of carbonyl (C=O) groups excluding carboxylic acids is 3. The summed E-state index contributed by atoms with van der Waals surface area (Å²) in [6.45, 7) is 4.12. The average Bonchev–Trinajstić information content (AvgIpc) is 2.37. The van der Waals surface area contributed by atoms with E-state index in [2.05, 4.69) is 0 Å². The van der Waals surface area contributed by atoms with E-state index in [9.17, 15) is 14.4 Å². The summed E-state index contributed by atoms with van der Waals surface area (Å²) >= 11 is 0. The average molecular weight is 280 g/mol. The van der Waals surface area contributed by atoms with Crippen molar-refractivity contribution in [2.75, 3.05) is 0 Å². The van der Waals surface area contributed by atoms with Crippen molar-refractivity contribution in [3.8, 4) is 5.75 Å². The summed E-state index contributed by atoms with van der Waals surface area (Å²) in [7, 11) is 0. The summed E-state index contributed by atoms with van der Waals surface area (Å²) in [4.78, 5) is 33.1. The van der Waals surface area contributed by atoms with Crippen LogP contribution in [-0.4, -0.2) is 17.9 Å². The van der Waals surface area contributed by atoms with Crippen LogP contribution < -0.4 is 4.74 Å². The van der Waals surface area contributed by atoms with Gasteiger partial charge in [-0.2, -0.15) is 0 Å². The van der Waals surface area contributed by atoms with Gasteiger partial charge in [0.1, 0.15) is 5.75 Å². The van der Waals surface area contributed by atoms with Crippen LogP contribution in [0.4, 0.5) is 0 Å². The van der Waals surface area contributed by atoms with E-state index in [4.69, 9.17) is 14.2 Å². The van der Waals surface area contributed by atoms with Crippen LogP contribution in [0.3, 0.4) is 0 Å². The number of hydrogen-bond acceptors (Lipinski definition) is 6. The van der Waals surface area contributed by atoms with Gasteiger partial charge in [-0.1, -0.05) is 6.92 Å². The Morgan fingerprint density at radius 1 is 1.00 bits per heavy atom. The van der Waals surface area contributed by atoms with E-state index in [1.807, 2.05) is 0 Å². The molecule has 6 nitrogen and oxygen atoms in total. The molecular formula is C14H16O6. The van der Waals surface area contributed by atoms with Crippen LogP contribution in [0.5, 0.6) is 5.75 Å². The second-order valence-electron chi connectivity index (χ2n) is 3.95. The monoisotopic (exact) mass is 280 g/mol. The molecule has 1 aromatic rings. The molecule has 0 aliphatic heterocycles. The first kappa shape index (κ1) is 15.7. The molecule has 0 heterocycles. The number of carbonyl (C=O) groups is 3. The van der Waals surface area contributed by atoms with Crippen molar-refractivity contribution in [1.29, 1.82) is 0 Å². The molecule has 0 aromatic heterocycles. The lowest BCUT2D eigenvalue weighted by atomic mass is 10.2. The van der Waals surface area contributed by atoms with Crippen LogP contribution in [0.2, 0.25) is 0 Å². The molecule has 0 atom stereocenters. The summed E-state index contributed by atoms with van der Waals surface area (Å²) < 4.78 is 14.8. The molecule has 0 amide bonds. The van der Waals surface area contributed by atoms with Gasteiger partial charge in [-0.15, -0.1) is 0 Å². The zero-order valence-electron chi connectivity index (χ0n) is 11.5. The van der Waals surface area contributed by atoms with Crippen LogP contribution in [-0.2, 0) is 23.9 Å². The van der Waals surface area contributed by atoms with Gasteiger partial charge in [-0.25, -0.2) is 0 Å². The first-order valence-electron chi connectivity index (χ1n) is 6.07. The maximum atomic E-state index is 11.1. The maximum Gasteiger partial charge on any atom is 0.310 e. The minimum Gasteiger partial charge on any atom is -0.427 e. The molecule has 0 unspecified atom stereocenters. The van der Waals surface area contributed by atoms with E-state index < -0.39 is 18.2 Å². The zero-order valence-corrected chi connectivity index (χ0v) is 11.5. The van der Waals surface area contributed by atoms with E-state index in [-0.39, 0.29) is 12.4 Å². The van der Waals surface area contributed by atoms with Crippen LogP contribution in [0.25, 0.3) is 0 Å². The molecule has 0 aliphatic rings. The number of hydrogen-bond donors (Lipinski definition) is 0. The molecule has 0 bridgehead atoms. The Bertz CT molecular complexity index is 475. The Hall–Kier alpha value is -2.37. The second kappa shape index (κ2) is 7.28. The van der Waals surface area contributed by atoms with Gasteiger partial charge in [0.05, 0.1) is 0 Å². The summed E-state index contributed by atoms with van der Waals surface area (Å²) in [5.41, 5.74) is 0.465. The van der Waals surface area contributed by atoms with Gasteiger partial charge in [0.15, 0.2) is 0 Å². The Morgan fingerprint density at radius 2 is 1.50 bits per heavy atom. The number of esters is 3. The lowest BCUT2D eigenvalue weighted by Gasteiger charge is -2.17. The first-order chi connectivity index (χ1) is 9.42. The Balaban J connectivity index is 2.83. The molecule has 108 valence electrons. The predicted molar refractivity (Wildman–Crippen MR) is 68.6 cm³/mol. The maximum absolute atomic E-state index is 11.1. The molecule has 0 saturated carbocycles. The first-order valence-corrected chi connectivity index (χ1v) is 6.07. The second-order valence-corrected chi connectivity index (χ2v) is 3.95. The highest BCUT2D eigenvalue weighted by Gasteiger charge is 2.18. The van der Waals surface area contributed by atoms with Crippen molar-refractivity contribution in [3.63, 3.8) is 0 Å². The van der Waals surface area contributed by atoms with E-state index in [0.717, 1.165) is 0 Å². The highest BCUT2D eigenvalue weighted by atomic mass is 16.7. The van der Waals surface area contributed by atoms with E-state index in [1.165, 1.54) is 26.0 Å². The molecule has 1 rings (SSSR count). The minimum absolute atomic E-state index is 0.269. The summed E-state index contributed by atoms with van der Waals surface area (Å²) in [6.07, 6.45) is -0.841. The van der Waals surface area contributed by atoms with Crippen LogP contribution >= 0.6 is 0 Å². The lowest BCUT2D eigenvalue weighted by molar-refractivity contribution is -0.186. The summed E-state index contributed by atoms with van der Waals surface area (Å²) in [5.74, 6) is -1.13. The van der Waals surface area contributed by atoms with Crippen molar-refractivity contribution < 1.29 is 28.6 Å². The Morgan fingerprint density at radius 3 is 1.90 bits per heavy atom. The van der Waals surface area contributed by atoms with Crippen LogP contribution in [0.15, 0.2) is 24.3 Å². The Kier molecular flexibility index (Phi) is 5.71. The summed E-state index contributed by atoms with van der Waals surface area (Å²) in [6, 6.07) is 6.16. The van der Waals surface area contributed by atoms with Gasteiger partial charge in [-0.05, 0) is 24.3 Å². The van der Waals surface area contributed by atoms with Crippen molar-refractivity contribution in [3.05, 3.63) is 29.8 Å². The fourth-order valence-electron chi connectivity index (χ4n) is 1.36. The van der Waals surface area contributed by atoms with Gasteiger partial charge >= 0.3 is 17.9 Å². The third-order valence-electron chi connectivity index (χ3n) is 2.22. The predicted octanol–water partition coefficient (Wildman–Crippen LogP) is 2.13. The number of rotatable bonds is 5. The number of ether oxygens (including phenoxy) is 3. The molecule has 0 spiro atoms.